The lowest BCUT2D eigenvalue weighted by Crippen LogP contribution is -1.92. The number of furan rings is 1. The number of hydrogen-bond acceptors (Lipinski definition) is 1. The van der Waals surface area contributed by atoms with E-state index in [1.165, 1.54) is 0 Å². The summed E-state index contributed by atoms with van der Waals surface area (Å²) in [7, 11) is 0. The van der Waals surface area contributed by atoms with Crippen LogP contribution >= 0.6 is 27.5 Å². The van der Waals surface area contributed by atoms with Gasteiger partial charge in [0.1, 0.15) is 5.76 Å². The van der Waals surface area contributed by atoms with Crippen molar-refractivity contribution in [2.24, 2.45) is 0 Å². The monoisotopic (exact) mass is 236 g/mol. The molecule has 1 unspecified atom stereocenters. The van der Waals surface area contributed by atoms with Gasteiger partial charge >= 0.3 is 0 Å². The number of halogens is 2. The van der Waals surface area contributed by atoms with E-state index in [0.29, 0.717) is 0 Å². The third-order valence-corrected chi connectivity index (χ3v) is 2.06. The highest BCUT2D eigenvalue weighted by molar-refractivity contribution is 9.10. The van der Waals surface area contributed by atoms with Gasteiger partial charge in [0.25, 0.3) is 0 Å². The lowest BCUT2D eigenvalue weighted by Gasteiger charge is -1.98. The van der Waals surface area contributed by atoms with Crippen molar-refractivity contribution in [1.29, 1.82) is 0 Å². The first-order valence-corrected chi connectivity index (χ1v) is 4.79. The maximum absolute atomic E-state index is 5.78. The van der Waals surface area contributed by atoms with Crippen molar-refractivity contribution in [3.63, 3.8) is 0 Å². The summed E-state index contributed by atoms with van der Waals surface area (Å²) in [5.74, 6) is 0.990. The molecule has 0 bridgehead atoms. The van der Waals surface area contributed by atoms with Crippen LogP contribution in [0.1, 0.15) is 19.1 Å². The van der Waals surface area contributed by atoms with Crippen molar-refractivity contribution in [3.05, 3.63) is 22.6 Å². The van der Waals surface area contributed by atoms with E-state index in [9.17, 15) is 0 Å². The molecule has 0 aliphatic heterocycles. The second kappa shape index (κ2) is 4.17. The average Bonchev–Trinajstić information content (AvgIpc) is 2.31. The molecule has 3 heteroatoms. The molecule has 0 aromatic carbocycles. The zero-order valence-corrected chi connectivity index (χ0v) is 8.65. The Morgan fingerprint density at radius 3 is 2.82 bits per heavy atom. The highest BCUT2D eigenvalue weighted by atomic mass is 79.9. The van der Waals surface area contributed by atoms with E-state index in [4.69, 9.17) is 16.0 Å². The van der Waals surface area contributed by atoms with Crippen LogP contribution in [0.4, 0.5) is 0 Å². The molecule has 1 rings (SSSR count). The average molecular weight is 238 g/mol. The van der Waals surface area contributed by atoms with Gasteiger partial charge in [-0.25, -0.2) is 0 Å². The summed E-state index contributed by atoms with van der Waals surface area (Å²) in [4.78, 5) is 0. The molecule has 62 valence electrons. The summed E-state index contributed by atoms with van der Waals surface area (Å²) in [5.41, 5.74) is 0. The topological polar surface area (TPSA) is 13.1 Å². The van der Waals surface area contributed by atoms with E-state index in [2.05, 4.69) is 15.9 Å². The Kier molecular flexibility index (Phi) is 3.46. The number of aryl methyl sites for hydroxylation is 1. The van der Waals surface area contributed by atoms with Gasteiger partial charge in [-0.1, -0.05) is 0 Å². The quantitative estimate of drug-likeness (QED) is 0.732. The largest absolute Gasteiger partial charge is 0.454 e. The Morgan fingerprint density at radius 1 is 1.64 bits per heavy atom. The smallest absolute Gasteiger partial charge is 0.169 e. The molecule has 0 N–H and O–H groups in total. The van der Waals surface area contributed by atoms with Gasteiger partial charge in [0.2, 0.25) is 0 Å². The maximum Gasteiger partial charge on any atom is 0.169 e. The zero-order chi connectivity index (χ0) is 8.27. The second-order valence-electron chi connectivity index (χ2n) is 2.53. The minimum absolute atomic E-state index is 0.221. The molecule has 1 nitrogen and oxygen atoms in total. The first-order valence-electron chi connectivity index (χ1n) is 3.57. The van der Waals surface area contributed by atoms with Crippen LogP contribution in [-0.2, 0) is 6.42 Å². The van der Waals surface area contributed by atoms with Crippen LogP contribution in [0.2, 0.25) is 0 Å². The predicted molar refractivity (Wildman–Crippen MR) is 50.0 cm³/mol. The molecule has 11 heavy (non-hydrogen) atoms. The van der Waals surface area contributed by atoms with Gasteiger partial charge in [-0.05, 0) is 41.4 Å². The van der Waals surface area contributed by atoms with E-state index < -0.39 is 0 Å². The summed E-state index contributed by atoms with van der Waals surface area (Å²) >= 11 is 9.02. The molecule has 0 aliphatic carbocycles. The van der Waals surface area contributed by atoms with E-state index in [0.717, 1.165) is 23.3 Å². The molecule has 1 heterocycles. The summed E-state index contributed by atoms with van der Waals surface area (Å²) in [5, 5.41) is 0.221. The fraction of sp³-hybridized carbons (Fsp3) is 0.500. The Hall–Kier alpha value is 0.0500. The van der Waals surface area contributed by atoms with Gasteiger partial charge in [0, 0.05) is 11.8 Å². The van der Waals surface area contributed by atoms with E-state index in [-0.39, 0.29) is 5.38 Å². The standard InChI is InChI=1S/C8H10BrClO/c1-6(10)2-3-7-4-5-8(9)11-7/h4-6H,2-3H2,1H3. The lowest BCUT2D eigenvalue weighted by atomic mass is 10.2. The fourth-order valence-corrected chi connectivity index (χ4v) is 1.28. The SMILES string of the molecule is CC(Cl)CCc1ccc(Br)o1. The van der Waals surface area contributed by atoms with Crippen molar-refractivity contribution >= 4 is 27.5 Å². The molecule has 0 aliphatic rings. The molecule has 0 fully saturated rings. The summed E-state index contributed by atoms with van der Waals surface area (Å²) in [6.07, 6.45) is 1.87. The second-order valence-corrected chi connectivity index (χ2v) is 4.05. The minimum atomic E-state index is 0.221. The first kappa shape index (κ1) is 9.14. The molecule has 1 aromatic heterocycles. The Balaban J connectivity index is 2.39. The van der Waals surface area contributed by atoms with E-state index in [1.54, 1.807) is 0 Å². The number of hydrogen-bond donors (Lipinski definition) is 0. The molecule has 0 saturated heterocycles. The van der Waals surface area contributed by atoms with Gasteiger partial charge < -0.3 is 4.42 Å². The lowest BCUT2D eigenvalue weighted by molar-refractivity contribution is 0.481. The zero-order valence-electron chi connectivity index (χ0n) is 6.31. The number of alkyl halides is 1. The first-order chi connectivity index (χ1) is 5.18. The summed E-state index contributed by atoms with van der Waals surface area (Å²) in [6.45, 7) is 1.99. The van der Waals surface area contributed by atoms with Crippen LogP contribution < -0.4 is 0 Å². The van der Waals surface area contributed by atoms with Crippen LogP contribution in [0.15, 0.2) is 21.2 Å². The highest BCUT2D eigenvalue weighted by Gasteiger charge is 2.01. The Bertz CT molecular complexity index is 220. The van der Waals surface area contributed by atoms with Crippen LogP contribution in [0.25, 0.3) is 0 Å². The van der Waals surface area contributed by atoms with Crippen molar-refractivity contribution in [1.82, 2.24) is 0 Å². The molecular formula is C8H10BrClO. The third-order valence-electron chi connectivity index (χ3n) is 1.42. The van der Waals surface area contributed by atoms with Gasteiger partial charge in [-0.2, -0.15) is 0 Å². The molecule has 0 radical (unpaired) electrons. The molecule has 1 aromatic rings. The van der Waals surface area contributed by atoms with E-state index >= 15 is 0 Å². The van der Waals surface area contributed by atoms with Crippen molar-refractivity contribution in [2.75, 3.05) is 0 Å². The molecule has 0 amide bonds. The fourth-order valence-electron chi connectivity index (χ4n) is 0.827. The Labute approximate surface area is 79.9 Å². The molecule has 0 saturated carbocycles. The van der Waals surface area contributed by atoms with E-state index in [1.807, 2.05) is 19.1 Å². The van der Waals surface area contributed by atoms with Gasteiger partial charge in [-0.15, -0.1) is 11.6 Å². The molecule has 1 atom stereocenters. The van der Waals surface area contributed by atoms with Gasteiger partial charge in [0.15, 0.2) is 4.67 Å². The molecule has 0 spiro atoms. The summed E-state index contributed by atoms with van der Waals surface area (Å²) in [6, 6.07) is 3.86. The normalized spacial score (nSPS) is 13.4. The van der Waals surface area contributed by atoms with Crippen LogP contribution in [0.3, 0.4) is 0 Å². The van der Waals surface area contributed by atoms with Crippen molar-refractivity contribution in [2.45, 2.75) is 25.1 Å². The van der Waals surface area contributed by atoms with Crippen LogP contribution in [-0.4, -0.2) is 5.38 Å². The van der Waals surface area contributed by atoms with Crippen LogP contribution in [0.5, 0.6) is 0 Å². The minimum Gasteiger partial charge on any atom is -0.454 e. The Morgan fingerprint density at radius 2 is 2.36 bits per heavy atom. The van der Waals surface area contributed by atoms with Gasteiger partial charge in [-0.3, -0.25) is 0 Å². The van der Waals surface area contributed by atoms with Gasteiger partial charge in [0.05, 0.1) is 0 Å². The number of rotatable bonds is 3. The highest BCUT2D eigenvalue weighted by Crippen LogP contribution is 2.16. The van der Waals surface area contributed by atoms with Crippen LogP contribution in [0, 0.1) is 0 Å². The molecular weight excluding hydrogens is 227 g/mol. The summed E-state index contributed by atoms with van der Waals surface area (Å²) < 4.78 is 6.08. The third kappa shape index (κ3) is 3.30. The maximum atomic E-state index is 5.78. The van der Waals surface area contributed by atoms with Crippen molar-refractivity contribution in [3.8, 4) is 0 Å². The predicted octanol–water partition coefficient (Wildman–Crippen LogP) is 3.60. The van der Waals surface area contributed by atoms with Crippen molar-refractivity contribution < 1.29 is 4.42 Å².